The molecule has 0 fully saturated rings. The van der Waals surface area contributed by atoms with Gasteiger partial charge in [0.1, 0.15) is 11.3 Å². The van der Waals surface area contributed by atoms with Crippen LogP contribution < -0.4 is 10.6 Å². The smallest absolute Gasteiger partial charge is 0.435 e. The number of amides is 2. The first-order chi connectivity index (χ1) is 20.0. The average Bonchev–Trinajstić information content (AvgIpc) is 3.38. The predicted molar refractivity (Wildman–Crippen MR) is 155 cm³/mol. The highest BCUT2D eigenvalue weighted by atomic mass is 32.2. The first kappa shape index (κ1) is 31.3. The van der Waals surface area contributed by atoms with Crippen LogP contribution in [0.15, 0.2) is 83.8 Å². The number of rotatable bonds is 7. The summed E-state index contributed by atoms with van der Waals surface area (Å²) in [6, 6.07) is 19.5. The fourth-order valence-electron chi connectivity index (χ4n) is 4.17. The zero-order valence-corrected chi connectivity index (χ0v) is 24.5. The summed E-state index contributed by atoms with van der Waals surface area (Å²) in [4.78, 5) is 25.6. The lowest BCUT2D eigenvalue weighted by Gasteiger charge is -2.20. The molecular weight excluding hydrogens is 585 g/mol. The molecule has 43 heavy (non-hydrogen) atoms. The van der Waals surface area contributed by atoms with E-state index in [1.54, 1.807) is 69.3 Å². The molecule has 0 saturated heterocycles. The van der Waals surface area contributed by atoms with Crippen LogP contribution in [0.5, 0.6) is 0 Å². The number of hydrogen-bond donors (Lipinski definition) is 2. The number of aromatic nitrogens is 2. The maximum atomic E-state index is 13.7. The van der Waals surface area contributed by atoms with Crippen LogP contribution in [0.2, 0.25) is 0 Å². The second-order valence-electron chi connectivity index (χ2n) is 10.6. The van der Waals surface area contributed by atoms with Gasteiger partial charge in [0, 0.05) is 30.1 Å². The van der Waals surface area contributed by atoms with Crippen molar-refractivity contribution in [3.05, 3.63) is 95.8 Å². The zero-order valence-electron chi connectivity index (χ0n) is 23.7. The number of carbonyl (C=O) groups is 2. The van der Waals surface area contributed by atoms with Gasteiger partial charge in [0.2, 0.25) is 0 Å². The van der Waals surface area contributed by atoms with Crippen molar-refractivity contribution in [2.45, 2.75) is 44.0 Å². The molecule has 0 aliphatic rings. The van der Waals surface area contributed by atoms with E-state index in [1.807, 2.05) is 0 Å². The number of ether oxygens (including phenoxy) is 1. The van der Waals surface area contributed by atoms with Crippen LogP contribution >= 0.6 is 0 Å². The molecule has 3 aromatic carbocycles. The summed E-state index contributed by atoms with van der Waals surface area (Å²) < 4.78 is 71.6. The number of para-hydroxylation sites is 1. The van der Waals surface area contributed by atoms with Crippen molar-refractivity contribution < 1.29 is 35.9 Å². The zero-order chi connectivity index (χ0) is 31.6. The molecule has 0 aliphatic carbocycles. The molecule has 13 heteroatoms. The molecule has 0 aliphatic heterocycles. The number of halogens is 3. The number of alkyl carbamates (subject to hydrolysis) is 1. The minimum atomic E-state index is -4.83. The second kappa shape index (κ2) is 11.9. The van der Waals surface area contributed by atoms with Gasteiger partial charge in [0.25, 0.3) is 5.91 Å². The fraction of sp³-hybridized carbons (Fsp3) is 0.233. The van der Waals surface area contributed by atoms with E-state index in [2.05, 4.69) is 15.7 Å². The largest absolute Gasteiger partial charge is 0.444 e. The summed E-state index contributed by atoms with van der Waals surface area (Å²) in [7, 11) is -3.51. The second-order valence-corrected chi connectivity index (χ2v) is 12.6. The number of alkyl halides is 3. The summed E-state index contributed by atoms with van der Waals surface area (Å²) in [5.74, 6) is -0.873. The van der Waals surface area contributed by atoms with E-state index >= 15 is 0 Å². The predicted octanol–water partition coefficient (Wildman–Crippen LogP) is 6.24. The standard InChI is InChI=1S/C30H29F3N4O5S/c1-29(2,3)42-28(39)34-18-20-9-5-7-11-23(20)37-24(17-26(36-37)30(31,32)33)27(38)35-21-15-13-19(14-16-21)22-10-6-8-12-25(22)43(4,40)41/h5-17H,18H2,1-4H3,(H,34,39)(H,35,38). The summed E-state index contributed by atoms with van der Waals surface area (Å²) in [5.41, 5.74) is -0.619. The van der Waals surface area contributed by atoms with Gasteiger partial charge in [-0.05, 0) is 56.2 Å². The fourth-order valence-corrected chi connectivity index (χ4v) is 5.08. The molecule has 0 bridgehead atoms. The van der Waals surface area contributed by atoms with Crippen molar-refractivity contribution in [1.29, 1.82) is 0 Å². The van der Waals surface area contributed by atoms with Crippen molar-refractivity contribution in [3.8, 4) is 16.8 Å². The normalized spacial score (nSPS) is 12.1. The highest BCUT2D eigenvalue weighted by Gasteiger charge is 2.36. The van der Waals surface area contributed by atoms with Gasteiger partial charge < -0.3 is 15.4 Å². The summed E-state index contributed by atoms with van der Waals surface area (Å²) in [6.07, 6.45) is -4.46. The van der Waals surface area contributed by atoms with E-state index < -0.39 is 45.0 Å². The topological polar surface area (TPSA) is 119 Å². The lowest BCUT2D eigenvalue weighted by molar-refractivity contribution is -0.141. The van der Waals surface area contributed by atoms with Gasteiger partial charge >= 0.3 is 12.3 Å². The molecule has 0 saturated carbocycles. The molecular formula is C30H29F3N4O5S. The number of hydrogen-bond acceptors (Lipinski definition) is 6. The first-order valence-electron chi connectivity index (χ1n) is 13.0. The quantitative estimate of drug-likeness (QED) is 0.255. The van der Waals surface area contributed by atoms with Gasteiger partial charge in [0.15, 0.2) is 15.5 Å². The third kappa shape index (κ3) is 7.80. The third-order valence-electron chi connectivity index (χ3n) is 6.01. The molecule has 2 amide bonds. The van der Waals surface area contributed by atoms with E-state index in [0.717, 1.165) is 10.9 Å². The van der Waals surface area contributed by atoms with Crippen LogP contribution in [0, 0.1) is 0 Å². The maximum absolute atomic E-state index is 13.7. The van der Waals surface area contributed by atoms with Crippen LogP contribution in [-0.4, -0.2) is 42.1 Å². The Balaban J connectivity index is 1.64. The summed E-state index contributed by atoms with van der Waals surface area (Å²) in [6.45, 7) is 4.96. The number of anilines is 1. The molecule has 1 aromatic heterocycles. The molecule has 226 valence electrons. The molecule has 9 nitrogen and oxygen atoms in total. The van der Waals surface area contributed by atoms with E-state index in [-0.39, 0.29) is 22.8 Å². The Morgan fingerprint density at radius 1 is 0.930 bits per heavy atom. The minimum absolute atomic E-state index is 0.107. The van der Waals surface area contributed by atoms with Crippen molar-refractivity contribution in [1.82, 2.24) is 15.1 Å². The third-order valence-corrected chi connectivity index (χ3v) is 7.17. The van der Waals surface area contributed by atoms with Crippen LogP contribution in [0.25, 0.3) is 16.8 Å². The number of sulfone groups is 1. The van der Waals surface area contributed by atoms with Gasteiger partial charge in [-0.2, -0.15) is 18.3 Å². The summed E-state index contributed by atoms with van der Waals surface area (Å²) in [5, 5.41) is 8.82. The van der Waals surface area contributed by atoms with E-state index in [1.165, 1.54) is 24.3 Å². The van der Waals surface area contributed by atoms with Gasteiger partial charge in [0.05, 0.1) is 10.6 Å². The van der Waals surface area contributed by atoms with Crippen LogP contribution in [0.4, 0.5) is 23.7 Å². The van der Waals surface area contributed by atoms with E-state index in [0.29, 0.717) is 22.8 Å². The molecule has 0 atom stereocenters. The summed E-state index contributed by atoms with van der Waals surface area (Å²) >= 11 is 0. The van der Waals surface area contributed by atoms with Crippen molar-refractivity contribution >= 4 is 27.5 Å². The van der Waals surface area contributed by atoms with Gasteiger partial charge in [-0.25, -0.2) is 17.9 Å². The molecule has 1 heterocycles. The van der Waals surface area contributed by atoms with Crippen LogP contribution in [0.1, 0.15) is 42.5 Å². The Bertz CT molecular complexity index is 1760. The van der Waals surface area contributed by atoms with Gasteiger partial charge in [-0.15, -0.1) is 0 Å². The van der Waals surface area contributed by atoms with Crippen LogP contribution in [-0.2, 0) is 27.3 Å². The molecule has 4 rings (SSSR count). The van der Waals surface area contributed by atoms with Crippen LogP contribution in [0.3, 0.4) is 0 Å². The number of carbonyl (C=O) groups excluding carboxylic acids is 2. The average molecular weight is 615 g/mol. The Morgan fingerprint density at radius 2 is 1.56 bits per heavy atom. The Labute approximate surface area is 246 Å². The lowest BCUT2D eigenvalue weighted by Crippen LogP contribution is -2.32. The van der Waals surface area contributed by atoms with Gasteiger partial charge in [-0.1, -0.05) is 48.5 Å². The SMILES string of the molecule is CC(C)(C)OC(=O)NCc1ccccc1-n1nc(C(F)(F)F)cc1C(=O)Nc1ccc(-c2ccccc2S(C)(=O)=O)cc1. The minimum Gasteiger partial charge on any atom is -0.444 e. The number of nitrogens with zero attached hydrogens (tertiary/aromatic N) is 2. The molecule has 4 aromatic rings. The lowest BCUT2D eigenvalue weighted by atomic mass is 10.1. The van der Waals surface area contributed by atoms with Crippen molar-refractivity contribution in [3.63, 3.8) is 0 Å². The number of nitrogens with one attached hydrogen (secondary N) is 2. The van der Waals surface area contributed by atoms with Crippen molar-refractivity contribution in [2.75, 3.05) is 11.6 Å². The van der Waals surface area contributed by atoms with Gasteiger partial charge in [-0.3, -0.25) is 4.79 Å². The van der Waals surface area contributed by atoms with E-state index in [4.69, 9.17) is 4.74 Å². The molecule has 2 N–H and O–H groups in total. The maximum Gasteiger partial charge on any atom is 0.435 e. The molecule has 0 spiro atoms. The Hall–Kier alpha value is -4.65. The van der Waals surface area contributed by atoms with Crippen molar-refractivity contribution in [2.24, 2.45) is 0 Å². The number of benzene rings is 3. The Kier molecular flexibility index (Phi) is 8.67. The Morgan fingerprint density at radius 3 is 2.19 bits per heavy atom. The highest BCUT2D eigenvalue weighted by molar-refractivity contribution is 7.90. The van der Waals surface area contributed by atoms with E-state index in [9.17, 15) is 31.2 Å². The first-order valence-corrected chi connectivity index (χ1v) is 14.9. The molecule has 0 unspecified atom stereocenters. The highest BCUT2D eigenvalue weighted by Crippen LogP contribution is 2.31. The monoisotopic (exact) mass is 614 g/mol. The molecule has 0 radical (unpaired) electrons.